The summed E-state index contributed by atoms with van der Waals surface area (Å²) in [7, 11) is 0. The Bertz CT molecular complexity index is 1490. The molecule has 0 aliphatic carbocycles. The molecule has 0 aliphatic rings. The van der Waals surface area contributed by atoms with Crippen molar-refractivity contribution in [1.29, 1.82) is 0 Å². The van der Waals surface area contributed by atoms with Crippen LogP contribution in [-0.4, -0.2) is 6.61 Å². The molecule has 2 aromatic heterocycles. The third-order valence-electron chi connectivity index (χ3n) is 9.12. The second-order valence-corrected chi connectivity index (χ2v) is 15.1. The van der Waals surface area contributed by atoms with Gasteiger partial charge in [0.05, 0.1) is 6.61 Å². The van der Waals surface area contributed by atoms with Crippen LogP contribution in [0.4, 0.5) is 0 Å². The maximum Gasteiger partial charge on any atom is 0.119 e. The van der Waals surface area contributed by atoms with Gasteiger partial charge >= 0.3 is 0 Å². The summed E-state index contributed by atoms with van der Waals surface area (Å²) in [6.07, 6.45) is 22.9. The van der Waals surface area contributed by atoms with Gasteiger partial charge in [0, 0.05) is 19.2 Å². The van der Waals surface area contributed by atoms with Crippen LogP contribution in [0.5, 0.6) is 5.75 Å². The highest BCUT2D eigenvalue weighted by Crippen LogP contribution is 2.40. The van der Waals surface area contributed by atoms with E-state index >= 15 is 0 Å². The number of ether oxygens (including phenoxy) is 1. The van der Waals surface area contributed by atoms with Crippen LogP contribution in [0.1, 0.15) is 122 Å². The van der Waals surface area contributed by atoms with Gasteiger partial charge in [-0.15, -0.1) is 22.7 Å². The highest BCUT2D eigenvalue weighted by Gasteiger charge is 2.10. The zero-order chi connectivity index (χ0) is 31.1. The van der Waals surface area contributed by atoms with E-state index in [0.29, 0.717) is 0 Å². The van der Waals surface area contributed by atoms with Crippen molar-refractivity contribution in [3.05, 3.63) is 78.4 Å². The summed E-state index contributed by atoms with van der Waals surface area (Å²) in [5.74, 6) is 0.985. The van der Waals surface area contributed by atoms with E-state index < -0.39 is 0 Å². The van der Waals surface area contributed by atoms with Gasteiger partial charge in [0.1, 0.15) is 5.75 Å². The molecular weight excluding hydrogens is 585 g/mol. The fraction of sp³-hybridized carbons (Fsp3) is 0.476. The van der Waals surface area contributed by atoms with Crippen LogP contribution >= 0.6 is 22.7 Å². The normalized spacial score (nSPS) is 11.6. The Hall–Kier alpha value is -2.62. The van der Waals surface area contributed by atoms with Crippen molar-refractivity contribution in [2.75, 3.05) is 6.61 Å². The predicted molar refractivity (Wildman–Crippen MR) is 202 cm³/mol. The second-order valence-electron chi connectivity index (χ2n) is 12.9. The number of hydrogen-bond acceptors (Lipinski definition) is 3. The molecular formula is C42H54OS2. The summed E-state index contributed by atoms with van der Waals surface area (Å²) in [4.78, 5) is 2.69. The fourth-order valence-electron chi connectivity index (χ4n) is 6.30. The van der Waals surface area contributed by atoms with Gasteiger partial charge in [-0.1, -0.05) is 128 Å². The molecule has 0 bridgehead atoms. The average Bonchev–Trinajstić information content (AvgIpc) is 3.68. The van der Waals surface area contributed by atoms with E-state index in [0.717, 1.165) is 18.8 Å². The number of rotatable bonds is 21. The SMILES string of the molecule is CCCCCCCCCCCCOc1ccc(-c2cc3cc4sc(-c5ccc(CCCCCCCC)cc5)cc4cc3s2)cc1. The van der Waals surface area contributed by atoms with Crippen LogP contribution in [0.2, 0.25) is 0 Å². The van der Waals surface area contributed by atoms with Crippen molar-refractivity contribution in [3.8, 4) is 26.6 Å². The molecule has 0 aliphatic heterocycles. The Morgan fingerprint density at radius 1 is 0.467 bits per heavy atom. The van der Waals surface area contributed by atoms with E-state index in [4.69, 9.17) is 4.74 Å². The van der Waals surface area contributed by atoms with E-state index in [2.05, 4.69) is 86.6 Å². The van der Waals surface area contributed by atoms with Gasteiger partial charge in [0.15, 0.2) is 0 Å². The van der Waals surface area contributed by atoms with Crippen LogP contribution in [0.15, 0.2) is 72.8 Å². The third-order valence-corrected chi connectivity index (χ3v) is 11.4. The van der Waals surface area contributed by atoms with Crippen molar-refractivity contribution >= 4 is 42.8 Å². The maximum atomic E-state index is 6.06. The van der Waals surface area contributed by atoms with Crippen LogP contribution in [0, 0.1) is 0 Å². The van der Waals surface area contributed by atoms with E-state index in [1.807, 2.05) is 22.7 Å². The lowest BCUT2D eigenvalue weighted by Crippen LogP contribution is -1.97. The summed E-state index contributed by atoms with van der Waals surface area (Å²) >= 11 is 3.80. The molecule has 0 saturated carbocycles. The number of thiophene rings is 2. The predicted octanol–water partition coefficient (Wildman–Crippen LogP) is 14.7. The van der Waals surface area contributed by atoms with E-state index in [-0.39, 0.29) is 0 Å². The lowest BCUT2D eigenvalue weighted by Gasteiger charge is -2.07. The standard InChI is InChI=1S/C42H54OS2/c1-3-5-7-9-11-12-13-14-16-18-28-43-38-26-24-35(25-27-38)40-30-37-32-41-36(31-42(37)45-40)29-39(44-41)34-22-20-33(21-23-34)19-17-15-10-8-6-4-2/h20-27,29-32H,3-19,28H2,1-2H3. The average molecular weight is 639 g/mol. The second kappa shape index (κ2) is 18.5. The smallest absolute Gasteiger partial charge is 0.119 e. The van der Waals surface area contributed by atoms with Crippen LogP contribution in [0.25, 0.3) is 41.1 Å². The first kappa shape index (κ1) is 33.7. The van der Waals surface area contributed by atoms with Crippen molar-refractivity contribution in [3.63, 3.8) is 0 Å². The Morgan fingerprint density at radius 2 is 0.911 bits per heavy atom. The molecule has 0 atom stereocenters. The highest BCUT2D eigenvalue weighted by atomic mass is 32.1. The Morgan fingerprint density at radius 3 is 1.42 bits per heavy atom. The van der Waals surface area contributed by atoms with Gasteiger partial charge in [-0.3, -0.25) is 0 Å². The first-order valence-electron chi connectivity index (χ1n) is 18.0. The number of unbranched alkanes of at least 4 members (excludes halogenated alkanes) is 14. The number of aryl methyl sites for hydroxylation is 1. The highest BCUT2D eigenvalue weighted by molar-refractivity contribution is 7.23. The van der Waals surface area contributed by atoms with Crippen molar-refractivity contribution < 1.29 is 4.74 Å². The molecule has 2 heterocycles. The minimum absolute atomic E-state index is 0.820. The topological polar surface area (TPSA) is 9.23 Å². The van der Waals surface area contributed by atoms with Gasteiger partial charge < -0.3 is 4.74 Å². The molecule has 0 saturated heterocycles. The molecule has 5 rings (SSSR count). The fourth-order valence-corrected chi connectivity index (χ4v) is 8.49. The Labute approximate surface area is 281 Å². The minimum Gasteiger partial charge on any atom is -0.494 e. The lowest BCUT2D eigenvalue weighted by molar-refractivity contribution is 0.304. The molecule has 1 nitrogen and oxygen atoms in total. The first-order valence-corrected chi connectivity index (χ1v) is 19.7. The van der Waals surface area contributed by atoms with Crippen LogP contribution < -0.4 is 4.74 Å². The summed E-state index contributed by atoms with van der Waals surface area (Å²) in [5, 5.41) is 2.69. The van der Waals surface area contributed by atoms with Gasteiger partial charge in [-0.2, -0.15) is 0 Å². The van der Waals surface area contributed by atoms with Crippen molar-refractivity contribution in [2.24, 2.45) is 0 Å². The molecule has 0 radical (unpaired) electrons. The van der Waals surface area contributed by atoms with Gasteiger partial charge in [0.2, 0.25) is 0 Å². The van der Waals surface area contributed by atoms with Gasteiger partial charge in [0.25, 0.3) is 0 Å². The summed E-state index contributed by atoms with van der Waals surface area (Å²) in [5.41, 5.74) is 4.08. The first-order chi connectivity index (χ1) is 22.2. The molecule has 3 aromatic carbocycles. The maximum absolute atomic E-state index is 6.06. The van der Waals surface area contributed by atoms with Gasteiger partial charge in [-0.25, -0.2) is 0 Å². The molecule has 45 heavy (non-hydrogen) atoms. The minimum atomic E-state index is 0.820. The monoisotopic (exact) mass is 638 g/mol. The molecule has 240 valence electrons. The molecule has 0 spiro atoms. The Balaban J connectivity index is 1.09. The molecule has 0 N–H and O–H groups in total. The molecule has 5 aromatic rings. The van der Waals surface area contributed by atoms with Crippen molar-refractivity contribution in [2.45, 2.75) is 123 Å². The van der Waals surface area contributed by atoms with E-state index in [1.54, 1.807) is 0 Å². The zero-order valence-corrected chi connectivity index (χ0v) is 29.5. The summed E-state index contributed by atoms with van der Waals surface area (Å²) in [6, 6.07) is 27.5. The largest absolute Gasteiger partial charge is 0.494 e. The lowest BCUT2D eigenvalue weighted by atomic mass is 10.0. The zero-order valence-electron chi connectivity index (χ0n) is 27.9. The molecule has 0 fully saturated rings. The molecule has 0 unspecified atom stereocenters. The van der Waals surface area contributed by atoms with Crippen LogP contribution in [-0.2, 0) is 6.42 Å². The quantitative estimate of drug-likeness (QED) is 0.0727. The van der Waals surface area contributed by atoms with Crippen molar-refractivity contribution in [1.82, 2.24) is 0 Å². The number of fused-ring (bicyclic) bond motifs is 2. The molecule has 0 amide bonds. The van der Waals surface area contributed by atoms with Gasteiger partial charge in [-0.05, 0) is 95.3 Å². The summed E-state index contributed by atoms with van der Waals surface area (Å²) < 4.78 is 8.79. The summed E-state index contributed by atoms with van der Waals surface area (Å²) in [6.45, 7) is 5.39. The van der Waals surface area contributed by atoms with E-state index in [1.165, 1.54) is 149 Å². The third kappa shape index (κ3) is 10.4. The molecule has 3 heteroatoms. The Kier molecular flexibility index (Phi) is 13.9. The van der Waals surface area contributed by atoms with Crippen LogP contribution in [0.3, 0.4) is 0 Å². The van der Waals surface area contributed by atoms with E-state index in [9.17, 15) is 0 Å². The number of hydrogen-bond donors (Lipinski definition) is 0. The number of benzene rings is 3.